The number of benzene rings is 2. The van der Waals surface area contributed by atoms with E-state index >= 15 is 0 Å². The number of carbonyl (C=O) groups excluding carboxylic acids is 1. The van der Waals surface area contributed by atoms with Gasteiger partial charge in [-0.15, -0.1) is 0 Å². The Morgan fingerprint density at radius 1 is 1.11 bits per heavy atom. The summed E-state index contributed by atoms with van der Waals surface area (Å²) in [7, 11) is -3.66. The maximum absolute atomic E-state index is 12.9. The standard InChI is InChI=1S/C21H25N3O3S/c1-15-4-6-16(7-5-15)20(24-10-2-3-11-24)14-22-28(26,27)18-8-9-19-17(12-18)13-21(25)23-19/h4-9,12,20,22H,2-3,10-11,13-14H2,1H3,(H,23,25). The quantitative estimate of drug-likeness (QED) is 0.783. The smallest absolute Gasteiger partial charge is 0.240 e. The lowest BCUT2D eigenvalue weighted by atomic mass is 10.0. The number of hydrogen-bond acceptors (Lipinski definition) is 4. The summed E-state index contributed by atoms with van der Waals surface area (Å²) in [6.45, 7) is 4.32. The highest BCUT2D eigenvalue weighted by molar-refractivity contribution is 7.89. The molecule has 7 heteroatoms. The van der Waals surface area contributed by atoms with Crippen molar-refractivity contribution in [3.8, 4) is 0 Å². The van der Waals surface area contributed by atoms with E-state index in [1.54, 1.807) is 18.2 Å². The van der Waals surface area contributed by atoms with Crippen LogP contribution in [0.3, 0.4) is 0 Å². The van der Waals surface area contributed by atoms with Crippen molar-refractivity contribution in [2.75, 3.05) is 25.0 Å². The summed E-state index contributed by atoms with van der Waals surface area (Å²) in [5.74, 6) is -0.106. The molecule has 1 unspecified atom stereocenters. The Kier molecular flexibility index (Phi) is 5.23. The van der Waals surface area contributed by atoms with E-state index in [-0.39, 0.29) is 23.3 Å². The van der Waals surface area contributed by atoms with Gasteiger partial charge >= 0.3 is 0 Å². The zero-order chi connectivity index (χ0) is 19.7. The number of rotatable bonds is 6. The predicted octanol–water partition coefficient (Wildman–Crippen LogP) is 2.61. The van der Waals surface area contributed by atoms with Crippen LogP contribution in [0.1, 0.15) is 35.6 Å². The number of sulfonamides is 1. The Morgan fingerprint density at radius 3 is 2.54 bits per heavy atom. The van der Waals surface area contributed by atoms with Crippen molar-refractivity contribution in [1.29, 1.82) is 0 Å². The molecule has 2 N–H and O–H groups in total. The SMILES string of the molecule is Cc1ccc(C(CNS(=O)(=O)c2ccc3c(c2)CC(=O)N3)N2CCCC2)cc1. The Balaban J connectivity index is 1.53. The topological polar surface area (TPSA) is 78.5 Å². The average molecular weight is 400 g/mol. The molecule has 0 aliphatic carbocycles. The minimum Gasteiger partial charge on any atom is -0.326 e. The van der Waals surface area contributed by atoms with Crippen molar-refractivity contribution in [3.63, 3.8) is 0 Å². The third-order valence-electron chi connectivity index (χ3n) is 5.52. The van der Waals surface area contributed by atoms with E-state index in [0.29, 0.717) is 12.2 Å². The van der Waals surface area contributed by atoms with Gasteiger partial charge in [-0.3, -0.25) is 9.69 Å². The second-order valence-electron chi connectivity index (χ2n) is 7.57. The van der Waals surface area contributed by atoms with Crippen LogP contribution in [0.4, 0.5) is 5.69 Å². The van der Waals surface area contributed by atoms with Crippen LogP contribution in [0.5, 0.6) is 0 Å². The lowest BCUT2D eigenvalue weighted by molar-refractivity contribution is -0.115. The summed E-state index contributed by atoms with van der Waals surface area (Å²) in [4.78, 5) is 14.1. The number of fused-ring (bicyclic) bond motifs is 1. The van der Waals surface area contributed by atoms with Crippen LogP contribution < -0.4 is 10.0 Å². The van der Waals surface area contributed by atoms with E-state index in [0.717, 1.165) is 37.1 Å². The van der Waals surface area contributed by atoms with Gasteiger partial charge in [-0.1, -0.05) is 29.8 Å². The molecular formula is C21H25N3O3S. The number of hydrogen-bond donors (Lipinski definition) is 2. The summed E-state index contributed by atoms with van der Waals surface area (Å²) < 4.78 is 28.6. The van der Waals surface area contributed by atoms with Gasteiger partial charge in [0.2, 0.25) is 15.9 Å². The fourth-order valence-electron chi connectivity index (χ4n) is 3.94. The van der Waals surface area contributed by atoms with E-state index in [9.17, 15) is 13.2 Å². The maximum Gasteiger partial charge on any atom is 0.240 e. The van der Waals surface area contributed by atoms with Gasteiger partial charge in [0.15, 0.2) is 0 Å². The van der Waals surface area contributed by atoms with Crippen molar-refractivity contribution in [2.45, 2.75) is 37.1 Å². The molecule has 28 heavy (non-hydrogen) atoms. The first-order valence-electron chi connectivity index (χ1n) is 9.65. The van der Waals surface area contributed by atoms with Gasteiger partial charge in [0.1, 0.15) is 0 Å². The summed E-state index contributed by atoms with van der Waals surface area (Å²) in [5.41, 5.74) is 3.73. The first-order chi connectivity index (χ1) is 13.4. The zero-order valence-corrected chi connectivity index (χ0v) is 16.8. The average Bonchev–Trinajstić information content (AvgIpc) is 3.31. The third kappa shape index (κ3) is 3.97. The first kappa shape index (κ1) is 19.1. The first-order valence-corrected chi connectivity index (χ1v) is 11.1. The monoisotopic (exact) mass is 399 g/mol. The Hall–Kier alpha value is -2.22. The molecule has 2 aliphatic heterocycles. The summed E-state index contributed by atoms with van der Waals surface area (Å²) in [6, 6.07) is 13.1. The molecule has 0 radical (unpaired) electrons. The lowest BCUT2D eigenvalue weighted by Crippen LogP contribution is -2.36. The van der Waals surface area contributed by atoms with Crippen molar-refractivity contribution in [2.24, 2.45) is 0 Å². The Morgan fingerprint density at radius 2 is 1.82 bits per heavy atom. The predicted molar refractivity (Wildman–Crippen MR) is 109 cm³/mol. The van der Waals surface area contributed by atoms with Crippen molar-refractivity contribution in [3.05, 3.63) is 59.2 Å². The number of nitrogens with one attached hydrogen (secondary N) is 2. The van der Waals surface area contributed by atoms with Crippen LogP contribution in [0.25, 0.3) is 0 Å². The molecule has 148 valence electrons. The molecule has 2 aliphatic rings. The van der Waals surface area contributed by atoms with Gasteiger partial charge in [0, 0.05) is 18.3 Å². The number of aryl methyl sites for hydroxylation is 1. The number of nitrogens with zero attached hydrogens (tertiary/aromatic N) is 1. The Bertz CT molecular complexity index is 980. The van der Waals surface area contributed by atoms with Gasteiger partial charge in [-0.2, -0.15) is 0 Å². The van der Waals surface area contributed by atoms with Crippen LogP contribution in [0.15, 0.2) is 47.4 Å². The van der Waals surface area contributed by atoms with E-state index in [1.807, 2.05) is 6.92 Å². The van der Waals surface area contributed by atoms with Gasteiger partial charge in [-0.25, -0.2) is 13.1 Å². The van der Waals surface area contributed by atoms with Crippen LogP contribution >= 0.6 is 0 Å². The molecule has 6 nitrogen and oxygen atoms in total. The molecule has 1 amide bonds. The number of anilines is 1. The second kappa shape index (κ2) is 7.66. The molecule has 2 heterocycles. The molecule has 0 bridgehead atoms. The number of likely N-dealkylation sites (tertiary alicyclic amines) is 1. The van der Waals surface area contributed by atoms with E-state index in [2.05, 4.69) is 39.2 Å². The number of amides is 1. The molecule has 1 saturated heterocycles. The van der Waals surface area contributed by atoms with Crippen molar-refractivity contribution >= 4 is 21.6 Å². The molecule has 4 rings (SSSR count). The minimum absolute atomic E-state index is 0.00977. The van der Waals surface area contributed by atoms with Crippen LogP contribution in [-0.2, 0) is 21.2 Å². The van der Waals surface area contributed by atoms with E-state index in [4.69, 9.17) is 0 Å². The molecule has 1 atom stereocenters. The molecule has 0 aromatic heterocycles. The van der Waals surface area contributed by atoms with Crippen molar-refractivity contribution in [1.82, 2.24) is 9.62 Å². The molecule has 2 aromatic carbocycles. The third-order valence-corrected chi connectivity index (χ3v) is 6.94. The van der Waals surface area contributed by atoms with Gasteiger partial charge in [0.25, 0.3) is 0 Å². The van der Waals surface area contributed by atoms with Crippen LogP contribution in [-0.4, -0.2) is 38.9 Å². The largest absolute Gasteiger partial charge is 0.326 e. The van der Waals surface area contributed by atoms with Crippen LogP contribution in [0.2, 0.25) is 0 Å². The molecule has 1 fully saturated rings. The van der Waals surface area contributed by atoms with Crippen LogP contribution in [0, 0.1) is 6.92 Å². The van der Waals surface area contributed by atoms with Gasteiger partial charge in [0.05, 0.1) is 11.3 Å². The molecular weight excluding hydrogens is 374 g/mol. The Labute approximate surface area is 166 Å². The molecule has 0 saturated carbocycles. The van der Waals surface area contributed by atoms with Crippen molar-refractivity contribution < 1.29 is 13.2 Å². The summed E-state index contributed by atoms with van der Waals surface area (Å²) in [6.07, 6.45) is 2.50. The molecule has 0 spiro atoms. The zero-order valence-electron chi connectivity index (χ0n) is 15.9. The van der Waals surface area contributed by atoms with E-state index < -0.39 is 10.0 Å². The fourth-order valence-corrected chi connectivity index (χ4v) is 5.03. The fraction of sp³-hybridized carbons (Fsp3) is 0.381. The van der Waals surface area contributed by atoms with Gasteiger partial charge < -0.3 is 5.32 Å². The minimum atomic E-state index is -3.66. The second-order valence-corrected chi connectivity index (χ2v) is 9.33. The highest BCUT2D eigenvalue weighted by Crippen LogP contribution is 2.27. The lowest BCUT2D eigenvalue weighted by Gasteiger charge is -2.28. The molecule has 2 aromatic rings. The number of carbonyl (C=O) groups is 1. The van der Waals surface area contributed by atoms with Gasteiger partial charge in [-0.05, 0) is 62.2 Å². The summed E-state index contributed by atoms with van der Waals surface area (Å²) >= 11 is 0. The van der Waals surface area contributed by atoms with E-state index in [1.165, 1.54) is 5.56 Å². The normalized spacial score (nSPS) is 18.1. The highest BCUT2D eigenvalue weighted by Gasteiger charge is 2.27. The maximum atomic E-state index is 12.9. The summed E-state index contributed by atoms with van der Waals surface area (Å²) in [5, 5.41) is 2.73. The highest BCUT2D eigenvalue weighted by atomic mass is 32.2.